The smallest absolute Gasteiger partial charge is 0.201 e. The molecule has 0 fully saturated rings. The van der Waals surface area contributed by atoms with E-state index in [1.807, 2.05) is 37.3 Å². The van der Waals surface area contributed by atoms with E-state index in [1.54, 1.807) is 0 Å². The summed E-state index contributed by atoms with van der Waals surface area (Å²) in [6.45, 7) is 19.9. The lowest BCUT2D eigenvalue weighted by Gasteiger charge is -2.45. The van der Waals surface area contributed by atoms with Gasteiger partial charge in [-0.2, -0.15) is 0 Å². The van der Waals surface area contributed by atoms with Gasteiger partial charge < -0.3 is 9.53 Å². The Morgan fingerprint density at radius 2 is 1.46 bits per heavy atom. The maximum absolute atomic E-state index is 10.6. The molecular formula is C21H36O2Si. The van der Waals surface area contributed by atoms with Crippen molar-refractivity contribution in [2.24, 2.45) is 0 Å². The lowest BCUT2D eigenvalue weighted by molar-refractivity contribution is 0.101. The SMILES string of the molecule is C=C(C)[C@@H](C[C@@H](O)c1ccccc1)O[Si](C(C)C)(C(C)C)C(C)C. The van der Waals surface area contributed by atoms with E-state index in [0.717, 1.165) is 11.1 Å². The van der Waals surface area contributed by atoms with Gasteiger partial charge >= 0.3 is 0 Å². The highest BCUT2D eigenvalue weighted by molar-refractivity contribution is 6.77. The summed E-state index contributed by atoms with van der Waals surface area (Å²) in [5.74, 6) is 0. The number of benzene rings is 1. The van der Waals surface area contributed by atoms with Crippen LogP contribution in [0.4, 0.5) is 0 Å². The van der Waals surface area contributed by atoms with Crippen LogP contribution in [-0.4, -0.2) is 19.5 Å². The quantitative estimate of drug-likeness (QED) is 0.422. The summed E-state index contributed by atoms with van der Waals surface area (Å²) >= 11 is 0. The van der Waals surface area contributed by atoms with Crippen molar-refractivity contribution in [2.75, 3.05) is 0 Å². The van der Waals surface area contributed by atoms with Crippen molar-refractivity contribution in [3.63, 3.8) is 0 Å². The largest absolute Gasteiger partial charge is 0.409 e. The van der Waals surface area contributed by atoms with E-state index in [9.17, 15) is 5.11 Å². The summed E-state index contributed by atoms with van der Waals surface area (Å²) in [5, 5.41) is 10.6. The number of aliphatic hydroxyl groups is 1. The number of rotatable bonds is 9. The molecular weight excluding hydrogens is 312 g/mol. The van der Waals surface area contributed by atoms with Crippen LogP contribution in [0.5, 0.6) is 0 Å². The van der Waals surface area contributed by atoms with Gasteiger partial charge in [-0.05, 0) is 29.1 Å². The van der Waals surface area contributed by atoms with Gasteiger partial charge in [0.25, 0.3) is 0 Å². The molecule has 2 nitrogen and oxygen atoms in total. The van der Waals surface area contributed by atoms with Gasteiger partial charge in [0.05, 0.1) is 12.2 Å². The van der Waals surface area contributed by atoms with E-state index in [1.165, 1.54) is 0 Å². The minimum Gasteiger partial charge on any atom is -0.409 e. The van der Waals surface area contributed by atoms with E-state index < -0.39 is 14.4 Å². The summed E-state index contributed by atoms with van der Waals surface area (Å²) in [6.07, 6.45) is -0.0505. The maximum atomic E-state index is 10.6. The van der Waals surface area contributed by atoms with Crippen LogP contribution in [0.25, 0.3) is 0 Å². The van der Waals surface area contributed by atoms with Crippen LogP contribution < -0.4 is 0 Å². The molecule has 1 rings (SSSR count). The third-order valence-corrected chi connectivity index (χ3v) is 11.3. The molecule has 0 saturated heterocycles. The van der Waals surface area contributed by atoms with Crippen LogP contribution >= 0.6 is 0 Å². The summed E-state index contributed by atoms with van der Waals surface area (Å²) in [4.78, 5) is 0. The lowest BCUT2D eigenvalue weighted by Crippen LogP contribution is -2.50. The van der Waals surface area contributed by atoms with Gasteiger partial charge in [-0.1, -0.05) is 84.0 Å². The Balaban J connectivity index is 3.05. The van der Waals surface area contributed by atoms with Gasteiger partial charge in [0.2, 0.25) is 8.32 Å². The van der Waals surface area contributed by atoms with Crippen molar-refractivity contribution in [3.8, 4) is 0 Å². The average molecular weight is 349 g/mol. The molecule has 0 heterocycles. The van der Waals surface area contributed by atoms with Crippen LogP contribution in [-0.2, 0) is 4.43 Å². The molecule has 0 aliphatic carbocycles. The fourth-order valence-electron chi connectivity index (χ4n) is 4.02. The van der Waals surface area contributed by atoms with Crippen molar-refractivity contribution in [1.82, 2.24) is 0 Å². The average Bonchev–Trinajstić information content (AvgIpc) is 2.50. The lowest BCUT2D eigenvalue weighted by atomic mass is 10.0. The fraction of sp³-hybridized carbons (Fsp3) is 0.619. The van der Waals surface area contributed by atoms with Gasteiger partial charge in [0.15, 0.2) is 0 Å². The second-order valence-electron chi connectivity index (χ2n) is 7.93. The monoisotopic (exact) mass is 348 g/mol. The third kappa shape index (κ3) is 4.81. The van der Waals surface area contributed by atoms with Gasteiger partial charge in [0, 0.05) is 6.42 Å². The van der Waals surface area contributed by atoms with E-state index >= 15 is 0 Å². The second-order valence-corrected chi connectivity index (χ2v) is 13.3. The van der Waals surface area contributed by atoms with E-state index in [4.69, 9.17) is 4.43 Å². The molecule has 3 heteroatoms. The Morgan fingerprint density at radius 1 is 1.00 bits per heavy atom. The highest BCUT2D eigenvalue weighted by Crippen LogP contribution is 2.44. The highest BCUT2D eigenvalue weighted by atomic mass is 28.4. The Hall–Kier alpha value is -0.903. The summed E-state index contributed by atoms with van der Waals surface area (Å²) in [7, 11) is -1.99. The van der Waals surface area contributed by atoms with E-state index in [2.05, 4.69) is 48.1 Å². The molecule has 24 heavy (non-hydrogen) atoms. The molecule has 0 saturated carbocycles. The zero-order valence-electron chi connectivity index (χ0n) is 16.5. The molecule has 0 bridgehead atoms. The van der Waals surface area contributed by atoms with Crippen molar-refractivity contribution < 1.29 is 9.53 Å². The topological polar surface area (TPSA) is 29.5 Å². The molecule has 0 aromatic heterocycles. The minimum absolute atomic E-state index is 0.0981. The Morgan fingerprint density at radius 3 is 1.83 bits per heavy atom. The van der Waals surface area contributed by atoms with Crippen molar-refractivity contribution in [1.29, 1.82) is 0 Å². The Bertz CT molecular complexity index is 486. The minimum atomic E-state index is -1.99. The maximum Gasteiger partial charge on any atom is 0.201 e. The van der Waals surface area contributed by atoms with Crippen LogP contribution in [0.3, 0.4) is 0 Å². The fourth-order valence-corrected chi connectivity index (χ4v) is 9.63. The molecule has 1 N–H and O–H groups in total. The first-order chi connectivity index (χ1) is 11.1. The molecule has 0 unspecified atom stereocenters. The first-order valence-corrected chi connectivity index (χ1v) is 11.3. The predicted molar refractivity (Wildman–Crippen MR) is 107 cm³/mol. The highest BCUT2D eigenvalue weighted by Gasteiger charge is 2.46. The molecule has 1 aromatic rings. The molecule has 0 amide bonds. The van der Waals surface area contributed by atoms with Crippen LogP contribution in [0, 0.1) is 0 Å². The Labute approximate surface area is 150 Å². The van der Waals surface area contributed by atoms with Crippen LogP contribution in [0.2, 0.25) is 16.6 Å². The molecule has 2 atom stereocenters. The standard InChI is InChI=1S/C21H36O2Si/c1-15(2)21(14-20(22)19-12-10-9-11-13-19)23-24(16(3)4,17(5)6)18(7)8/h9-13,16-18,20-22H,1,14H2,2-8H3/t20-,21-/m1/s1. The number of hydrogen-bond donors (Lipinski definition) is 1. The first-order valence-electron chi connectivity index (χ1n) is 9.19. The third-order valence-electron chi connectivity index (χ3n) is 5.22. The zero-order chi connectivity index (χ0) is 18.5. The van der Waals surface area contributed by atoms with Crippen molar-refractivity contribution >= 4 is 8.32 Å². The van der Waals surface area contributed by atoms with Crippen LogP contribution in [0.15, 0.2) is 42.5 Å². The van der Waals surface area contributed by atoms with Crippen LogP contribution in [0.1, 0.15) is 66.6 Å². The van der Waals surface area contributed by atoms with Crippen molar-refractivity contribution in [3.05, 3.63) is 48.0 Å². The Kier molecular flexibility index (Phi) is 7.91. The summed E-state index contributed by atoms with van der Waals surface area (Å²) in [6, 6.07) is 9.84. The zero-order valence-corrected chi connectivity index (χ0v) is 17.5. The second kappa shape index (κ2) is 8.98. The van der Waals surface area contributed by atoms with E-state index in [0.29, 0.717) is 23.0 Å². The normalized spacial score (nSPS) is 15.1. The molecule has 0 spiro atoms. The molecule has 136 valence electrons. The number of aliphatic hydroxyl groups excluding tert-OH is 1. The summed E-state index contributed by atoms with van der Waals surface area (Å²) in [5.41, 5.74) is 3.51. The van der Waals surface area contributed by atoms with E-state index in [-0.39, 0.29) is 6.10 Å². The molecule has 0 aliphatic heterocycles. The molecule has 0 aliphatic rings. The molecule has 1 aromatic carbocycles. The number of hydrogen-bond acceptors (Lipinski definition) is 2. The predicted octanol–water partition coefficient (Wildman–Crippen LogP) is 6.25. The van der Waals surface area contributed by atoms with Crippen molar-refractivity contribution in [2.45, 2.75) is 83.7 Å². The van der Waals surface area contributed by atoms with Gasteiger partial charge in [0.1, 0.15) is 0 Å². The summed E-state index contributed by atoms with van der Waals surface area (Å²) < 4.78 is 6.86. The molecule has 0 radical (unpaired) electrons. The van der Waals surface area contributed by atoms with Gasteiger partial charge in [-0.25, -0.2) is 0 Å². The van der Waals surface area contributed by atoms with Gasteiger partial charge in [-0.3, -0.25) is 0 Å². The van der Waals surface area contributed by atoms with Gasteiger partial charge in [-0.15, -0.1) is 0 Å². The first kappa shape index (κ1) is 21.1.